The van der Waals surface area contributed by atoms with Gasteiger partial charge in [-0.25, -0.2) is 0 Å². The molecule has 3 saturated carbocycles. The third-order valence-electron chi connectivity index (χ3n) is 5.06. The molecule has 108 valence electrons. The number of rotatable bonds is 3. The fourth-order valence-corrected chi connectivity index (χ4v) is 3.58. The predicted octanol–water partition coefficient (Wildman–Crippen LogP) is 2.42. The Bertz CT molecular complexity index is 698. The summed E-state index contributed by atoms with van der Waals surface area (Å²) < 4.78 is 0. The van der Waals surface area contributed by atoms with Crippen molar-refractivity contribution in [2.75, 3.05) is 17.7 Å². The Morgan fingerprint density at radius 3 is 2.57 bits per heavy atom. The number of benzene rings is 1. The molecule has 1 aromatic heterocycles. The van der Waals surface area contributed by atoms with Crippen LogP contribution in [0.3, 0.4) is 0 Å². The third kappa shape index (κ3) is 1.70. The van der Waals surface area contributed by atoms with E-state index in [-0.39, 0.29) is 11.3 Å². The maximum atomic E-state index is 9.98. The molecule has 0 radical (unpaired) electrons. The average Bonchev–Trinajstić information content (AvgIpc) is 2.36. The van der Waals surface area contributed by atoms with Crippen molar-refractivity contribution in [3.05, 3.63) is 30.3 Å². The van der Waals surface area contributed by atoms with E-state index in [0.717, 1.165) is 11.6 Å². The molecule has 2 aromatic rings. The second kappa shape index (κ2) is 4.10. The van der Waals surface area contributed by atoms with Crippen LogP contribution in [0.1, 0.15) is 19.3 Å². The fraction of sp³-hybridized carbons (Fsp3) is 0.375. The van der Waals surface area contributed by atoms with Crippen LogP contribution in [0.15, 0.2) is 30.3 Å². The zero-order chi connectivity index (χ0) is 14.6. The minimum atomic E-state index is 0.204. The van der Waals surface area contributed by atoms with Crippen LogP contribution in [0, 0.1) is 5.92 Å². The maximum Gasteiger partial charge on any atom is 0.169 e. The quantitative estimate of drug-likeness (QED) is 0.904. The molecule has 21 heavy (non-hydrogen) atoms. The van der Waals surface area contributed by atoms with E-state index in [9.17, 15) is 5.11 Å². The van der Waals surface area contributed by atoms with Gasteiger partial charge in [-0.15, -0.1) is 10.2 Å². The molecule has 3 N–H and O–H groups in total. The molecule has 0 unspecified atom stereocenters. The lowest BCUT2D eigenvalue weighted by Crippen LogP contribution is -2.67. The summed E-state index contributed by atoms with van der Waals surface area (Å²) in [5.74, 6) is 1.55. The number of para-hydroxylation sites is 1. The first kappa shape index (κ1) is 12.4. The van der Waals surface area contributed by atoms with Gasteiger partial charge in [0, 0.05) is 18.2 Å². The van der Waals surface area contributed by atoms with E-state index in [1.807, 2.05) is 18.2 Å². The molecule has 0 aliphatic heterocycles. The van der Waals surface area contributed by atoms with Crippen molar-refractivity contribution in [2.45, 2.75) is 24.8 Å². The summed E-state index contributed by atoms with van der Waals surface area (Å²) in [6, 6.07) is 9.08. The number of nitrogen functional groups attached to an aromatic ring is 1. The van der Waals surface area contributed by atoms with Gasteiger partial charge in [0.1, 0.15) is 5.75 Å². The summed E-state index contributed by atoms with van der Waals surface area (Å²) >= 11 is 0. The first-order chi connectivity index (χ1) is 10.1. The van der Waals surface area contributed by atoms with Gasteiger partial charge in [0.05, 0.1) is 11.4 Å². The van der Waals surface area contributed by atoms with Crippen molar-refractivity contribution in [3.63, 3.8) is 0 Å². The predicted molar refractivity (Wildman–Crippen MR) is 82.0 cm³/mol. The summed E-state index contributed by atoms with van der Waals surface area (Å²) in [4.78, 5) is 2.25. The lowest BCUT2D eigenvalue weighted by atomic mass is 9.49. The second-order valence-corrected chi connectivity index (χ2v) is 6.28. The first-order valence-corrected chi connectivity index (χ1v) is 7.24. The van der Waals surface area contributed by atoms with E-state index < -0.39 is 0 Å². The van der Waals surface area contributed by atoms with Gasteiger partial charge in [-0.1, -0.05) is 12.1 Å². The van der Waals surface area contributed by atoms with Gasteiger partial charge in [0.15, 0.2) is 5.82 Å². The van der Waals surface area contributed by atoms with Gasteiger partial charge in [-0.05, 0) is 43.4 Å². The van der Waals surface area contributed by atoms with Gasteiger partial charge in [-0.3, -0.25) is 0 Å². The number of anilines is 2. The van der Waals surface area contributed by atoms with E-state index in [4.69, 9.17) is 5.73 Å². The molecule has 0 spiro atoms. The van der Waals surface area contributed by atoms with Crippen molar-refractivity contribution in [3.8, 4) is 17.0 Å². The molecular formula is C16H18N4O. The Morgan fingerprint density at radius 1 is 1.24 bits per heavy atom. The molecule has 0 saturated heterocycles. The highest BCUT2D eigenvalue weighted by molar-refractivity contribution is 5.74. The zero-order valence-electron chi connectivity index (χ0n) is 12.0. The minimum absolute atomic E-state index is 0.204. The van der Waals surface area contributed by atoms with Gasteiger partial charge in [0.2, 0.25) is 0 Å². The molecule has 0 atom stereocenters. The average molecular weight is 282 g/mol. The van der Waals surface area contributed by atoms with Crippen LogP contribution in [-0.4, -0.2) is 27.9 Å². The van der Waals surface area contributed by atoms with Crippen molar-refractivity contribution in [2.24, 2.45) is 5.92 Å². The van der Waals surface area contributed by atoms with E-state index in [1.165, 1.54) is 19.3 Å². The highest BCUT2D eigenvalue weighted by atomic mass is 16.3. The SMILES string of the molecule is CN(c1cc(-c2ccccc2O)nnc1N)C12CC(C1)C2. The largest absolute Gasteiger partial charge is 0.507 e. The molecule has 2 bridgehead atoms. The highest BCUT2D eigenvalue weighted by Crippen LogP contribution is 2.61. The number of hydrogen-bond donors (Lipinski definition) is 2. The van der Waals surface area contributed by atoms with Gasteiger partial charge in [0.25, 0.3) is 0 Å². The van der Waals surface area contributed by atoms with Crippen LogP contribution in [0.25, 0.3) is 11.3 Å². The second-order valence-electron chi connectivity index (χ2n) is 6.28. The molecule has 5 heteroatoms. The molecule has 0 amide bonds. The number of aromatic hydroxyl groups is 1. The van der Waals surface area contributed by atoms with Crippen molar-refractivity contribution in [1.29, 1.82) is 0 Å². The molecule has 1 heterocycles. The first-order valence-electron chi connectivity index (χ1n) is 7.24. The Hall–Kier alpha value is -2.30. The summed E-state index contributed by atoms with van der Waals surface area (Å²) in [6.07, 6.45) is 3.74. The summed E-state index contributed by atoms with van der Waals surface area (Å²) in [5, 5.41) is 18.2. The topological polar surface area (TPSA) is 75.3 Å². The number of phenols is 1. The Balaban J connectivity index is 1.75. The molecule has 5 rings (SSSR count). The van der Waals surface area contributed by atoms with Crippen molar-refractivity contribution >= 4 is 11.5 Å². The molecule has 3 aliphatic carbocycles. The fourth-order valence-electron chi connectivity index (χ4n) is 3.58. The van der Waals surface area contributed by atoms with Gasteiger partial charge < -0.3 is 15.7 Å². The Labute approximate surface area is 123 Å². The van der Waals surface area contributed by atoms with E-state index in [2.05, 4.69) is 22.1 Å². The highest BCUT2D eigenvalue weighted by Gasteiger charge is 2.59. The van der Waals surface area contributed by atoms with E-state index in [1.54, 1.807) is 12.1 Å². The number of nitrogens with zero attached hydrogens (tertiary/aromatic N) is 3. The number of phenolic OH excluding ortho intramolecular Hbond substituents is 1. The van der Waals surface area contributed by atoms with Crippen LogP contribution < -0.4 is 10.6 Å². The van der Waals surface area contributed by atoms with Gasteiger partial charge in [-0.2, -0.15) is 0 Å². The number of nitrogens with two attached hydrogens (primary N) is 1. The van der Waals surface area contributed by atoms with Crippen LogP contribution in [-0.2, 0) is 0 Å². The van der Waals surface area contributed by atoms with Crippen LogP contribution >= 0.6 is 0 Å². The van der Waals surface area contributed by atoms with Crippen LogP contribution in [0.2, 0.25) is 0 Å². The number of aromatic nitrogens is 2. The third-order valence-corrected chi connectivity index (χ3v) is 5.06. The lowest BCUT2D eigenvalue weighted by Gasteiger charge is -2.66. The van der Waals surface area contributed by atoms with Crippen LogP contribution in [0.5, 0.6) is 5.75 Å². The van der Waals surface area contributed by atoms with Gasteiger partial charge >= 0.3 is 0 Å². The molecule has 3 aliphatic rings. The Kier molecular flexibility index (Phi) is 2.43. The number of hydrogen-bond acceptors (Lipinski definition) is 5. The summed E-state index contributed by atoms with van der Waals surface area (Å²) in [7, 11) is 2.08. The van der Waals surface area contributed by atoms with Crippen molar-refractivity contribution < 1.29 is 5.11 Å². The molecule has 1 aromatic carbocycles. The zero-order valence-corrected chi connectivity index (χ0v) is 12.0. The molecule has 3 fully saturated rings. The lowest BCUT2D eigenvalue weighted by molar-refractivity contribution is -0.0209. The normalized spacial score (nSPS) is 25.9. The Morgan fingerprint density at radius 2 is 1.95 bits per heavy atom. The van der Waals surface area contributed by atoms with Crippen molar-refractivity contribution in [1.82, 2.24) is 10.2 Å². The smallest absolute Gasteiger partial charge is 0.169 e. The minimum Gasteiger partial charge on any atom is -0.507 e. The van der Waals surface area contributed by atoms with E-state index >= 15 is 0 Å². The molecule has 5 nitrogen and oxygen atoms in total. The maximum absolute atomic E-state index is 9.98. The van der Waals surface area contributed by atoms with Crippen LogP contribution in [0.4, 0.5) is 11.5 Å². The summed E-state index contributed by atoms with van der Waals surface area (Å²) in [6.45, 7) is 0. The molecular weight excluding hydrogens is 264 g/mol. The van der Waals surface area contributed by atoms with E-state index in [0.29, 0.717) is 17.1 Å². The standard InChI is InChI=1S/C16H18N4O/c1-20(16-7-10(8-16)9-16)13-6-12(18-19-15(13)17)11-4-2-3-5-14(11)21/h2-6,10,21H,7-9H2,1H3,(H2,17,19). The monoisotopic (exact) mass is 282 g/mol. The summed E-state index contributed by atoms with van der Waals surface area (Å²) in [5.41, 5.74) is 8.53.